The molecule has 1 aromatic carbocycles. The first kappa shape index (κ1) is 30.1. The summed E-state index contributed by atoms with van der Waals surface area (Å²) in [5, 5.41) is 3.43. The van der Waals surface area contributed by atoms with Crippen molar-refractivity contribution in [2.45, 2.75) is 57.5 Å². The minimum Gasteiger partial charge on any atom is -0.497 e. The lowest BCUT2D eigenvalue weighted by Crippen LogP contribution is -2.43. The molecule has 216 valence electrons. The van der Waals surface area contributed by atoms with E-state index in [0.29, 0.717) is 11.3 Å². The fraction of sp³-hybridized carbons (Fsp3) is 0.423. The fourth-order valence-electron chi connectivity index (χ4n) is 3.60. The first-order chi connectivity index (χ1) is 18.4. The topological polar surface area (TPSA) is 66.5 Å². The normalized spacial score (nSPS) is 13.3. The summed E-state index contributed by atoms with van der Waals surface area (Å²) in [6.07, 6.45) is -3.61. The lowest BCUT2D eigenvalue weighted by atomic mass is 10.1. The van der Waals surface area contributed by atoms with Crippen molar-refractivity contribution in [2.24, 2.45) is 0 Å². The third-order valence-electron chi connectivity index (χ3n) is 7.03. The van der Waals surface area contributed by atoms with Gasteiger partial charge < -0.3 is 9.16 Å². The highest BCUT2D eigenvalue weighted by Gasteiger charge is 2.42. The van der Waals surface area contributed by atoms with Crippen LogP contribution in [0.5, 0.6) is 5.75 Å². The Kier molecular flexibility index (Phi) is 7.93. The molecular weight excluding hydrogens is 617 g/mol. The van der Waals surface area contributed by atoms with E-state index in [9.17, 15) is 13.2 Å². The Balaban J connectivity index is 1.72. The number of nitrogens with zero attached hydrogens (tertiary/aromatic N) is 5. The molecule has 0 aliphatic heterocycles. The largest absolute Gasteiger partial charge is 0.497 e. The van der Waals surface area contributed by atoms with Gasteiger partial charge in [-0.25, -0.2) is 14.6 Å². The predicted octanol–water partition coefficient (Wildman–Crippen LogP) is 7.54. The quantitative estimate of drug-likeness (QED) is 0.146. The number of benzene rings is 1. The van der Waals surface area contributed by atoms with Gasteiger partial charge in [-0.05, 0) is 63.9 Å². The number of aromatic nitrogens is 5. The van der Waals surface area contributed by atoms with E-state index in [1.54, 1.807) is 24.3 Å². The van der Waals surface area contributed by atoms with Crippen LogP contribution < -0.4 is 4.74 Å². The van der Waals surface area contributed by atoms with Crippen molar-refractivity contribution in [2.75, 3.05) is 13.7 Å². The number of alkyl halides is 5. The zero-order valence-electron chi connectivity index (χ0n) is 22.8. The number of ether oxygens (including phenoxy) is 1. The first-order valence-corrected chi connectivity index (χ1v) is 16.0. The lowest BCUT2D eigenvalue weighted by Gasteiger charge is -2.37. The molecule has 7 nitrogen and oxygen atoms in total. The summed E-state index contributed by atoms with van der Waals surface area (Å²) >= 11 is 3.34. The molecule has 0 aliphatic rings. The van der Waals surface area contributed by atoms with Gasteiger partial charge in [-0.2, -0.15) is 22.0 Å². The number of rotatable bonds is 8. The highest BCUT2D eigenvalue weighted by atomic mass is 79.9. The van der Waals surface area contributed by atoms with E-state index in [1.807, 2.05) is 33.9 Å². The van der Waals surface area contributed by atoms with Gasteiger partial charge in [0.2, 0.25) is 0 Å². The van der Waals surface area contributed by atoms with E-state index in [2.05, 4.69) is 31.0 Å². The van der Waals surface area contributed by atoms with Crippen LogP contribution >= 0.6 is 15.9 Å². The molecule has 0 N–H and O–H groups in total. The van der Waals surface area contributed by atoms with Crippen molar-refractivity contribution in [3.05, 3.63) is 64.1 Å². The molecule has 0 radical (unpaired) electrons. The zero-order chi connectivity index (χ0) is 29.7. The molecule has 0 unspecified atom stereocenters. The average molecular weight is 647 g/mol. The second-order valence-corrected chi connectivity index (χ2v) is 16.5. The van der Waals surface area contributed by atoms with Crippen LogP contribution in [0.3, 0.4) is 0 Å². The van der Waals surface area contributed by atoms with Crippen molar-refractivity contribution < 1.29 is 31.1 Å². The van der Waals surface area contributed by atoms with Crippen molar-refractivity contribution >= 4 is 29.9 Å². The lowest BCUT2D eigenvalue weighted by molar-refractivity contribution is -0.144. The standard InChI is InChI=1S/C26H29BrF5N5O2Si/c1-24(2,3)40(5,6)39-15-25(28,29)17-9-12-19-33-20(21(27)36(19)14-17)22-34-23(26(30,31)32)35-37(22)13-16-7-10-18(38-4)11-8-16/h7-12,14H,13,15H2,1-6H3. The van der Waals surface area contributed by atoms with Gasteiger partial charge in [-0.1, -0.05) is 32.9 Å². The molecule has 3 aromatic heterocycles. The maximum atomic E-state index is 15.2. The highest BCUT2D eigenvalue weighted by molar-refractivity contribution is 9.10. The van der Waals surface area contributed by atoms with Gasteiger partial charge in [0.1, 0.15) is 28.3 Å². The minimum absolute atomic E-state index is 0.0227. The molecule has 0 saturated carbocycles. The molecule has 0 spiro atoms. The van der Waals surface area contributed by atoms with Crippen LogP contribution in [0.4, 0.5) is 22.0 Å². The van der Waals surface area contributed by atoms with Crippen LogP contribution in [0.15, 0.2) is 47.2 Å². The molecule has 0 saturated heterocycles. The average Bonchev–Trinajstić information content (AvgIpc) is 3.43. The van der Waals surface area contributed by atoms with Crippen LogP contribution in [-0.4, -0.2) is 46.2 Å². The predicted molar refractivity (Wildman–Crippen MR) is 146 cm³/mol. The van der Waals surface area contributed by atoms with Crippen molar-refractivity contribution in [1.29, 1.82) is 0 Å². The Hall–Kier alpha value is -2.84. The van der Waals surface area contributed by atoms with Crippen LogP contribution in [0, 0.1) is 0 Å². The first-order valence-electron chi connectivity index (χ1n) is 12.3. The highest BCUT2D eigenvalue weighted by Crippen LogP contribution is 2.39. The Morgan fingerprint density at radius 1 is 0.950 bits per heavy atom. The van der Waals surface area contributed by atoms with E-state index in [0.717, 1.165) is 4.68 Å². The molecule has 0 fully saturated rings. The number of imidazole rings is 1. The summed E-state index contributed by atoms with van der Waals surface area (Å²) in [7, 11) is -0.931. The van der Waals surface area contributed by atoms with Crippen LogP contribution in [0.1, 0.15) is 37.7 Å². The van der Waals surface area contributed by atoms with Gasteiger partial charge in [0.25, 0.3) is 11.7 Å². The van der Waals surface area contributed by atoms with Gasteiger partial charge in [0.15, 0.2) is 14.1 Å². The van der Waals surface area contributed by atoms with Crippen molar-refractivity contribution in [3.63, 3.8) is 0 Å². The maximum absolute atomic E-state index is 15.2. The molecule has 14 heteroatoms. The number of pyridine rings is 1. The minimum atomic E-state index is -4.80. The summed E-state index contributed by atoms with van der Waals surface area (Å²) in [5.74, 6) is -4.24. The summed E-state index contributed by atoms with van der Waals surface area (Å²) in [6, 6.07) is 9.34. The van der Waals surface area contributed by atoms with Gasteiger partial charge in [-0.15, -0.1) is 5.10 Å². The van der Waals surface area contributed by atoms with Crippen LogP contribution in [-0.2, 0) is 23.1 Å². The molecule has 0 atom stereocenters. The summed E-state index contributed by atoms with van der Waals surface area (Å²) in [4.78, 5) is 8.11. The Morgan fingerprint density at radius 3 is 2.17 bits per heavy atom. The monoisotopic (exact) mass is 645 g/mol. The van der Waals surface area contributed by atoms with E-state index in [1.165, 1.54) is 29.8 Å². The fourth-order valence-corrected chi connectivity index (χ4v) is 5.12. The number of hydrogen-bond acceptors (Lipinski definition) is 5. The van der Waals surface area contributed by atoms with Crippen LogP contribution in [0.25, 0.3) is 17.2 Å². The number of halogens is 6. The molecule has 0 aliphatic carbocycles. The SMILES string of the molecule is COc1ccc(Cn2nc(C(F)(F)F)nc2-c2nc3ccc(C(F)(F)CO[Si](C)(C)C(C)(C)C)cn3c2Br)cc1. The molecule has 3 heterocycles. The van der Waals surface area contributed by atoms with Crippen molar-refractivity contribution in [3.8, 4) is 17.3 Å². The van der Waals surface area contributed by atoms with Gasteiger partial charge in [-0.3, -0.25) is 4.40 Å². The van der Waals surface area contributed by atoms with E-state index >= 15 is 8.78 Å². The molecular formula is C26H29BrF5N5O2Si. The summed E-state index contributed by atoms with van der Waals surface area (Å²) < 4.78 is 84.7. The second kappa shape index (κ2) is 10.5. The number of hydrogen-bond donors (Lipinski definition) is 0. The van der Waals surface area contributed by atoms with Gasteiger partial charge in [0, 0.05) is 11.8 Å². The van der Waals surface area contributed by atoms with Gasteiger partial charge >= 0.3 is 6.18 Å². The number of fused-ring (bicyclic) bond motifs is 1. The third kappa shape index (κ3) is 6.08. The van der Waals surface area contributed by atoms with Crippen LogP contribution in [0.2, 0.25) is 18.1 Å². The smallest absolute Gasteiger partial charge is 0.453 e. The molecule has 4 rings (SSSR count). The van der Waals surface area contributed by atoms with Crippen molar-refractivity contribution in [1.82, 2.24) is 24.1 Å². The zero-order valence-corrected chi connectivity index (χ0v) is 25.4. The Morgan fingerprint density at radius 2 is 1.60 bits per heavy atom. The molecule has 0 amide bonds. The number of methoxy groups -OCH3 is 1. The Labute approximate surface area is 237 Å². The van der Waals surface area contributed by atoms with E-state index in [-0.39, 0.29) is 38.9 Å². The maximum Gasteiger partial charge on any atom is 0.453 e. The van der Waals surface area contributed by atoms with E-state index in [4.69, 9.17) is 9.16 Å². The molecule has 0 bridgehead atoms. The second-order valence-electron chi connectivity index (χ2n) is 10.9. The third-order valence-corrected chi connectivity index (χ3v) is 12.3. The molecule has 40 heavy (non-hydrogen) atoms. The van der Waals surface area contributed by atoms with Gasteiger partial charge in [0.05, 0.1) is 13.7 Å². The molecule has 4 aromatic rings. The Bertz CT molecular complexity index is 1510. The van der Waals surface area contributed by atoms with E-state index < -0.39 is 32.8 Å². The summed E-state index contributed by atoms with van der Waals surface area (Å²) in [5.41, 5.74) is 0.581. The summed E-state index contributed by atoms with van der Waals surface area (Å²) in [6.45, 7) is 8.84.